The fourth-order valence-corrected chi connectivity index (χ4v) is 2.55. The van der Waals surface area contributed by atoms with E-state index in [-0.39, 0.29) is 22.3 Å². The number of hydrogen-bond acceptors (Lipinski definition) is 1. The Kier molecular flexibility index (Phi) is 24.6. The van der Waals surface area contributed by atoms with E-state index in [4.69, 9.17) is 0 Å². The summed E-state index contributed by atoms with van der Waals surface area (Å²) in [5.41, 5.74) is 2.14. The van der Waals surface area contributed by atoms with Gasteiger partial charge >= 0.3 is 0 Å². The standard InChI is InChI=1S/C10H22.C10H20.C9H20S.3CH4/c2*1-9(2,3)7-8-10(4,5)6;1-8(2,3)7-10-9(4,5)6;;;/h7-8H2,1-6H3;7-8H,1-6H3;7H2,1-6H3;3*1H4/b;8-7+;;;;. The van der Waals surface area contributed by atoms with Gasteiger partial charge in [-0.15, -0.1) is 0 Å². The van der Waals surface area contributed by atoms with Gasteiger partial charge in [0.15, 0.2) is 0 Å². The largest absolute Gasteiger partial charge is 0.155 e. The van der Waals surface area contributed by atoms with Gasteiger partial charge in [0.05, 0.1) is 0 Å². The first kappa shape index (κ1) is 46.4. The predicted octanol–water partition coefficient (Wildman–Crippen LogP) is 13.0. The van der Waals surface area contributed by atoms with Crippen LogP contribution in [0.4, 0.5) is 0 Å². The Morgan fingerprint density at radius 2 is 0.667 bits per heavy atom. The average molecular weight is 491 g/mol. The smallest absolute Gasteiger partial charge is 0.00752 e. The zero-order valence-electron chi connectivity index (χ0n) is 24.7. The van der Waals surface area contributed by atoms with Crippen molar-refractivity contribution in [1.82, 2.24) is 0 Å². The van der Waals surface area contributed by atoms with Crippen molar-refractivity contribution in [2.24, 2.45) is 27.1 Å². The SMILES string of the molecule is C.C.C.CC(C)(C)/C=C/C(C)(C)C.CC(C)(C)CCC(C)(C)C.CC(C)(C)CSC(C)(C)C. The number of hydrogen-bond donors (Lipinski definition) is 0. The molecule has 0 saturated heterocycles. The summed E-state index contributed by atoms with van der Waals surface area (Å²) in [4.78, 5) is 0. The van der Waals surface area contributed by atoms with Crippen molar-refractivity contribution in [3.05, 3.63) is 12.2 Å². The number of allylic oxidation sites excluding steroid dienone is 2. The van der Waals surface area contributed by atoms with Crippen LogP contribution in [-0.4, -0.2) is 10.5 Å². The summed E-state index contributed by atoms with van der Waals surface area (Å²) in [6.45, 7) is 40.8. The topological polar surface area (TPSA) is 0 Å². The number of thioether (sulfide) groups is 1. The van der Waals surface area contributed by atoms with E-state index in [0.29, 0.717) is 31.8 Å². The Morgan fingerprint density at radius 3 is 0.758 bits per heavy atom. The van der Waals surface area contributed by atoms with E-state index in [9.17, 15) is 0 Å². The van der Waals surface area contributed by atoms with Gasteiger partial charge in [-0.1, -0.05) is 159 Å². The van der Waals surface area contributed by atoms with Crippen LogP contribution >= 0.6 is 11.8 Å². The third kappa shape index (κ3) is 65.3. The summed E-state index contributed by atoms with van der Waals surface area (Å²) in [6.07, 6.45) is 7.20. The van der Waals surface area contributed by atoms with Gasteiger partial charge in [-0.3, -0.25) is 0 Å². The van der Waals surface area contributed by atoms with Crippen molar-refractivity contribution < 1.29 is 0 Å². The Hall–Kier alpha value is 0.0900. The van der Waals surface area contributed by atoms with Crippen LogP contribution in [0.3, 0.4) is 0 Å². The van der Waals surface area contributed by atoms with Gasteiger partial charge in [0.1, 0.15) is 0 Å². The van der Waals surface area contributed by atoms with Crippen LogP contribution in [-0.2, 0) is 0 Å². The van der Waals surface area contributed by atoms with Gasteiger partial charge in [-0.05, 0) is 45.7 Å². The molecule has 0 heterocycles. The summed E-state index contributed by atoms with van der Waals surface area (Å²) in [7, 11) is 0. The third-order valence-electron chi connectivity index (χ3n) is 3.65. The molecule has 0 bridgehead atoms. The van der Waals surface area contributed by atoms with E-state index in [1.807, 2.05) is 11.8 Å². The molecule has 0 aromatic carbocycles. The molecule has 0 radical (unpaired) electrons. The van der Waals surface area contributed by atoms with Crippen LogP contribution in [0.15, 0.2) is 12.2 Å². The molecular weight excluding hydrogens is 416 g/mol. The van der Waals surface area contributed by atoms with Gasteiger partial charge in [0.2, 0.25) is 0 Å². The van der Waals surface area contributed by atoms with Crippen LogP contribution < -0.4 is 0 Å². The minimum absolute atomic E-state index is 0. The second kappa shape index (κ2) is 17.5. The van der Waals surface area contributed by atoms with Crippen LogP contribution in [0, 0.1) is 27.1 Å². The van der Waals surface area contributed by atoms with Crippen LogP contribution in [0.1, 0.15) is 160 Å². The van der Waals surface area contributed by atoms with Crippen molar-refractivity contribution in [2.45, 2.75) is 164 Å². The molecule has 0 saturated carbocycles. The average Bonchev–Trinajstić information content (AvgIpc) is 2.38. The Bertz CT molecular complexity index is 368. The van der Waals surface area contributed by atoms with E-state index in [2.05, 4.69) is 137 Å². The van der Waals surface area contributed by atoms with E-state index >= 15 is 0 Å². The monoisotopic (exact) mass is 491 g/mol. The molecule has 0 unspecified atom stereocenters. The first-order valence-corrected chi connectivity index (χ1v) is 12.9. The Labute approximate surface area is 221 Å². The van der Waals surface area contributed by atoms with Crippen molar-refractivity contribution >= 4 is 11.8 Å². The van der Waals surface area contributed by atoms with Crippen molar-refractivity contribution in [1.29, 1.82) is 0 Å². The Balaban J connectivity index is -0.0000000792. The van der Waals surface area contributed by atoms with Crippen LogP contribution in [0.25, 0.3) is 0 Å². The summed E-state index contributed by atoms with van der Waals surface area (Å²) >= 11 is 2.04. The molecule has 0 atom stereocenters. The highest BCUT2D eigenvalue weighted by Crippen LogP contribution is 2.30. The number of rotatable bonds is 2. The maximum atomic E-state index is 2.30. The minimum atomic E-state index is 0. The normalized spacial score (nSPS) is 12.8. The molecule has 0 N–H and O–H groups in total. The molecule has 0 aliphatic rings. The second-order valence-corrected chi connectivity index (χ2v) is 17.5. The fraction of sp³-hybridized carbons (Fsp3) is 0.938. The Morgan fingerprint density at radius 1 is 0.424 bits per heavy atom. The molecule has 1 heteroatoms. The van der Waals surface area contributed by atoms with Crippen LogP contribution in [0.5, 0.6) is 0 Å². The van der Waals surface area contributed by atoms with E-state index in [1.165, 1.54) is 18.6 Å². The minimum Gasteiger partial charge on any atom is -0.155 e. The first-order chi connectivity index (χ1) is 12.6. The van der Waals surface area contributed by atoms with Gasteiger partial charge in [-0.2, -0.15) is 11.8 Å². The summed E-state index contributed by atoms with van der Waals surface area (Å²) in [5.74, 6) is 1.25. The highest BCUT2D eigenvalue weighted by Gasteiger charge is 2.17. The lowest BCUT2D eigenvalue weighted by Gasteiger charge is -2.24. The zero-order chi connectivity index (χ0) is 25.2. The summed E-state index contributed by atoms with van der Waals surface area (Å²) < 4.78 is 0.424. The van der Waals surface area contributed by atoms with Crippen molar-refractivity contribution in [2.75, 3.05) is 5.75 Å². The molecule has 0 fully saturated rings. The molecular formula is C32H74S. The predicted molar refractivity (Wildman–Crippen MR) is 168 cm³/mol. The molecule has 0 amide bonds. The lowest BCUT2D eigenvalue weighted by Crippen LogP contribution is -2.16. The maximum absolute atomic E-state index is 2.30. The molecule has 208 valence electrons. The van der Waals surface area contributed by atoms with Gasteiger partial charge in [-0.25, -0.2) is 0 Å². The second-order valence-electron chi connectivity index (χ2n) is 15.6. The lowest BCUT2D eigenvalue weighted by molar-refractivity contribution is 0.275. The van der Waals surface area contributed by atoms with Crippen molar-refractivity contribution in [3.8, 4) is 0 Å². The molecule has 0 aromatic rings. The van der Waals surface area contributed by atoms with Crippen molar-refractivity contribution in [3.63, 3.8) is 0 Å². The molecule has 0 nitrogen and oxygen atoms in total. The summed E-state index contributed by atoms with van der Waals surface area (Å²) in [5, 5.41) is 0. The molecule has 0 aliphatic carbocycles. The third-order valence-corrected chi connectivity index (χ3v) is 5.52. The molecule has 0 rings (SSSR count). The molecule has 33 heavy (non-hydrogen) atoms. The highest BCUT2D eigenvalue weighted by molar-refractivity contribution is 8.00. The zero-order valence-corrected chi connectivity index (χ0v) is 25.5. The summed E-state index contributed by atoms with van der Waals surface area (Å²) in [6, 6.07) is 0. The van der Waals surface area contributed by atoms with Gasteiger partial charge < -0.3 is 0 Å². The van der Waals surface area contributed by atoms with Gasteiger partial charge in [0, 0.05) is 4.75 Å². The molecule has 0 aromatic heterocycles. The maximum Gasteiger partial charge on any atom is 0.00752 e. The molecule has 0 aliphatic heterocycles. The fourth-order valence-electron chi connectivity index (χ4n) is 1.68. The van der Waals surface area contributed by atoms with E-state index in [0.717, 1.165) is 0 Å². The van der Waals surface area contributed by atoms with E-state index in [1.54, 1.807) is 0 Å². The lowest BCUT2D eigenvalue weighted by atomic mass is 9.81. The first-order valence-electron chi connectivity index (χ1n) is 12.0. The highest BCUT2D eigenvalue weighted by atomic mass is 32.2. The quantitative estimate of drug-likeness (QED) is 0.347. The molecule has 0 spiro atoms. The van der Waals surface area contributed by atoms with E-state index < -0.39 is 0 Å². The van der Waals surface area contributed by atoms with Gasteiger partial charge in [0.25, 0.3) is 0 Å². The van der Waals surface area contributed by atoms with Crippen LogP contribution in [0.2, 0.25) is 0 Å².